The summed E-state index contributed by atoms with van der Waals surface area (Å²) in [5.74, 6) is 0. The third-order valence-electron chi connectivity index (χ3n) is 0.643. The Morgan fingerprint density at radius 3 is 2.86 bits per heavy atom. The summed E-state index contributed by atoms with van der Waals surface area (Å²) in [4.78, 5) is 3.17. The van der Waals surface area contributed by atoms with Crippen LogP contribution in [0.25, 0.3) is 4.85 Å². The highest BCUT2D eigenvalue weighted by Crippen LogP contribution is 1.81. The molecule has 0 aromatic carbocycles. The van der Waals surface area contributed by atoms with Crippen LogP contribution in [0.1, 0.15) is 13.3 Å². The van der Waals surface area contributed by atoms with Gasteiger partial charge in [0.2, 0.25) is 6.54 Å². The van der Waals surface area contributed by atoms with E-state index >= 15 is 0 Å². The van der Waals surface area contributed by atoms with Crippen molar-refractivity contribution in [3.05, 3.63) is 23.6 Å². The molecule has 0 rings (SSSR count). The maximum atomic E-state index is 6.37. The maximum absolute atomic E-state index is 6.37. The molecule has 1 nitrogen and oxygen atoms in total. The Morgan fingerprint density at radius 1 is 1.71 bits per heavy atom. The van der Waals surface area contributed by atoms with Crippen LogP contribution in [0.4, 0.5) is 0 Å². The summed E-state index contributed by atoms with van der Waals surface area (Å²) in [5.41, 5.74) is 0. The zero-order chi connectivity index (χ0) is 5.54. The van der Waals surface area contributed by atoms with Crippen LogP contribution in [0.15, 0.2) is 12.2 Å². The van der Waals surface area contributed by atoms with E-state index in [-0.39, 0.29) is 0 Å². The Bertz CT molecular complexity index is 86.8. The van der Waals surface area contributed by atoms with Crippen LogP contribution >= 0.6 is 0 Å². The molecule has 0 unspecified atom stereocenters. The third kappa shape index (κ3) is 5.23. The number of nitrogens with zero attached hydrogens (tertiary/aromatic N) is 1. The van der Waals surface area contributed by atoms with Gasteiger partial charge in [-0.1, -0.05) is 12.2 Å². The SMILES string of the molecule is [C-]#[N+]CCC=CC. The molecule has 0 aliphatic heterocycles. The van der Waals surface area contributed by atoms with Crippen LogP contribution in [-0.2, 0) is 0 Å². The van der Waals surface area contributed by atoms with Gasteiger partial charge in [-0.25, -0.2) is 6.57 Å². The van der Waals surface area contributed by atoms with Gasteiger partial charge in [0.15, 0.2) is 0 Å². The Balaban J connectivity index is 2.87. The molecule has 0 spiro atoms. The van der Waals surface area contributed by atoms with Gasteiger partial charge < -0.3 is 4.85 Å². The molecule has 0 saturated carbocycles. The van der Waals surface area contributed by atoms with Gasteiger partial charge in [0.05, 0.1) is 0 Å². The Hall–Kier alpha value is -0.770. The predicted molar refractivity (Wildman–Crippen MR) is 30.9 cm³/mol. The summed E-state index contributed by atoms with van der Waals surface area (Å²) in [6.45, 7) is 8.96. The van der Waals surface area contributed by atoms with Crippen molar-refractivity contribution < 1.29 is 0 Å². The second-order valence-electron chi connectivity index (χ2n) is 1.24. The molecule has 1 heteroatoms. The van der Waals surface area contributed by atoms with Crippen molar-refractivity contribution in [3.8, 4) is 0 Å². The van der Waals surface area contributed by atoms with Gasteiger partial charge in [-0.2, -0.15) is 0 Å². The first-order valence-corrected chi connectivity index (χ1v) is 2.36. The topological polar surface area (TPSA) is 4.36 Å². The number of rotatable bonds is 2. The standard InChI is InChI=1S/C6H9N/c1-3-4-5-6-7-2/h3-4H,5-6H2,1H3. The fourth-order valence-corrected chi connectivity index (χ4v) is 0.306. The summed E-state index contributed by atoms with van der Waals surface area (Å²) in [5, 5.41) is 0. The van der Waals surface area contributed by atoms with Gasteiger partial charge in [-0.3, -0.25) is 0 Å². The monoisotopic (exact) mass is 95.1 g/mol. The molecule has 0 aliphatic rings. The first-order chi connectivity index (χ1) is 3.41. The lowest BCUT2D eigenvalue weighted by Gasteiger charge is -1.73. The van der Waals surface area contributed by atoms with Crippen LogP contribution < -0.4 is 0 Å². The molecule has 0 aromatic heterocycles. The molecule has 0 amide bonds. The molecule has 0 aliphatic carbocycles. The lowest BCUT2D eigenvalue weighted by Crippen LogP contribution is -1.67. The zero-order valence-electron chi connectivity index (χ0n) is 4.52. The van der Waals surface area contributed by atoms with E-state index in [0.717, 1.165) is 6.42 Å². The van der Waals surface area contributed by atoms with Crippen LogP contribution in [-0.4, -0.2) is 6.54 Å². The highest BCUT2D eigenvalue weighted by atomic mass is 14.6. The van der Waals surface area contributed by atoms with Crippen molar-refractivity contribution in [1.82, 2.24) is 0 Å². The zero-order valence-corrected chi connectivity index (χ0v) is 4.52. The smallest absolute Gasteiger partial charge is 0.218 e. The van der Waals surface area contributed by atoms with Gasteiger partial charge in [0.1, 0.15) is 0 Å². The molecule has 38 valence electrons. The number of hydrogen-bond donors (Lipinski definition) is 0. The van der Waals surface area contributed by atoms with Crippen LogP contribution in [0.3, 0.4) is 0 Å². The Kier molecular flexibility index (Phi) is 4.65. The molecule has 0 bridgehead atoms. The largest absolute Gasteiger partial charge is 0.317 e. The predicted octanol–water partition coefficient (Wildman–Crippen LogP) is 1.87. The molecule has 0 aromatic rings. The summed E-state index contributed by atoms with van der Waals surface area (Å²) < 4.78 is 0. The highest BCUT2D eigenvalue weighted by molar-refractivity contribution is 4.79. The van der Waals surface area contributed by atoms with E-state index < -0.39 is 0 Å². The molecule has 0 atom stereocenters. The molecule has 0 fully saturated rings. The second-order valence-corrected chi connectivity index (χ2v) is 1.24. The van der Waals surface area contributed by atoms with E-state index in [1.807, 2.05) is 19.1 Å². The summed E-state index contributed by atoms with van der Waals surface area (Å²) in [6.07, 6.45) is 4.86. The quantitative estimate of drug-likeness (QED) is 0.280. The first-order valence-electron chi connectivity index (χ1n) is 2.36. The minimum atomic E-state index is 0.629. The van der Waals surface area contributed by atoms with Gasteiger partial charge >= 0.3 is 0 Å². The average Bonchev–Trinajstić information content (AvgIpc) is 1.69. The molecular formula is C6H9N. The van der Waals surface area contributed by atoms with E-state index in [1.165, 1.54) is 0 Å². The molecule has 0 radical (unpaired) electrons. The normalized spacial score (nSPS) is 9.14. The van der Waals surface area contributed by atoms with Crippen molar-refractivity contribution in [3.63, 3.8) is 0 Å². The van der Waals surface area contributed by atoms with Crippen molar-refractivity contribution in [1.29, 1.82) is 0 Å². The fourth-order valence-electron chi connectivity index (χ4n) is 0.306. The van der Waals surface area contributed by atoms with Crippen LogP contribution in [0.2, 0.25) is 0 Å². The third-order valence-corrected chi connectivity index (χ3v) is 0.643. The second kappa shape index (κ2) is 5.23. The molecular weight excluding hydrogens is 86.1 g/mol. The van der Waals surface area contributed by atoms with Crippen molar-refractivity contribution in [2.24, 2.45) is 0 Å². The summed E-state index contributed by atoms with van der Waals surface area (Å²) in [6, 6.07) is 0. The Morgan fingerprint density at radius 2 is 2.43 bits per heavy atom. The van der Waals surface area contributed by atoms with Gasteiger partial charge in [0.25, 0.3) is 0 Å². The van der Waals surface area contributed by atoms with Crippen LogP contribution in [0, 0.1) is 6.57 Å². The van der Waals surface area contributed by atoms with Crippen LogP contribution in [0.5, 0.6) is 0 Å². The van der Waals surface area contributed by atoms with E-state index in [0.29, 0.717) is 6.54 Å². The molecule has 0 saturated heterocycles. The number of hydrogen-bond acceptors (Lipinski definition) is 0. The van der Waals surface area contributed by atoms with Gasteiger partial charge in [-0.05, 0) is 6.92 Å². The maximum Gasteiger partial charge on any atom is 0.218 e. The van der Waals surface area contributed by atoms with E-state index in [2.05, 4.69) is 4.85 Å². The lowest BCUT2D eigenvalue weighted by molar-refractivity contribution is 1.14. The minimum Gasteiger partial charge on any atom is -0.317 e. The first kappa shape index (κ1) is 6.23. The van der Waals surface area contributed by atoms with Gasteiger partial charge in [-0.15, -0.1) is 0 Å². The lowest BCUT2D eigenvalue weighted by atomic mass is 10.4. The molecule has 7 heavy (non-hydrogen) atoms. The molecule has 0 N–H and O–H groups in total. The minimum absolute atomic E-state index is 0.629. The fraction of sp³-hybridized carbons (Fsp3) is 0.500. The van der Waals surface area contributed by atoms with E-state index in [1.54, 1.807) is 0 Å². The molecule has 0 heterocycles. The highest BCUT2D eigenvalue weighted by Gasteiger charge is 1.74. The van der Waals surface area contributed by atoms with Gasteiger partial charge in [0, 0.05) is 6.42 Å². The van der Waals surface area contributed by atoms with Crippen molar-refractivity contribution in [2.45, 2.75) is 13.3 Å². The van der Waals surface area contributed by atoms with Crippen molar-refractivity contribution in [2.75, 3.05) is 6.54 Å². The van der Waals surface area contributed by atoms with E-state index in [4.69, 9.17) is 6.57 Å². The summed E-state index contributed by atoms with van der Waals surface area (Å²) >= 11 is 0. The Labute approximate surface area is 44.5 Å². The van der Waals surface area contributed by atoms with Crippen molar-refractivity contribution >= 4 is 0 Å². The number of allylic oxidation sites excluding steroid dienone is 1. The summed E-state index contributed by atoms with van der Waals surface area (Å²) in [7, 11) is 0. The average molecular weight is 95.1 g/mol. The van der Waals surface area contributed by atoms with E-state index in [9.17, 15) is 0 Å².